The molecule has 0 radical (unpaired) electrons. The molecule has 0 spiro atoms. The number of carbonyl (C=O) groups excluding carboxylic acids is 1. The normalized spacial score (nSPS) is 23.8. The molecule has 31 heavy (non-hydrogen) atoms. The van der Waals surface area contributed by atoms with E-state index in [1.54, 1.807) is 22.3 Å². The van der Waals surface area contributed by atoms with Gasteiger partial charge in [0.1, 0.15) is 0 Å². The summed E-state index contributed by atoms with van der Waals surface area (Å²) < 4.78 is 1.14. The van der Waals surface area contributed by atoms with E-state index in [4.69, 9.17) is 0 Å². The van der Waals surface area contributed by atoms with Gasteiger partial charge in [-0.25, -0.2) is 4.98 Å². The van der Waals surface area contributed by atoms with Crippen molar-refractivity contribution >= 4 is 33.0 Å². The summed E-state index contributed by atoms with van der Waals surface area (Å²) in [5, 5.41) is 1.05. The Labute approximate surface area is 186 Å². The van der Waals surface area contributed by atoms with Crippen molar-refractivity contribution in [3.8, 4) is 0 Å². The van der Waals surface area contributed by atoms with Crippen LogP contribution >= 0.6 is 11.3 Å². The first-order valence-electron chi connectivity index (χ1n) is 10.7. The number of benzene rings is 1. The SMILES string of the molecule is CCN1CC=C(C2=CN3C(=O)\C=C(c4ccc5nc(C)sc5c4)/C=C/C=C/3C=C2)CC1. The van der Waals surface area contributed by atoms with Crippen LogP contribution in [0.4, 0.5) is 0 Å². The van der Waals surface area contributed by atoms with Gasteiger partial charge in [-0.15, -0.1) is 11.3 Å². The smallest absolute Gasteiger partial charge is 0.255 e. The fourth-order valence-electron chi connectivity index (χ4n) is 4.19. The minimum atomic E-state index is -0.0281. The van der Waals surface area contributed by atoms with Gasteiger partial charge in [0, 0.05) is 31.1 Å². The molecule has 156 valence electrons. The molecule has 0 N–H and O–H groups in total. The fourth-order valence-corrected chi connectivity index (χ4v) is 5.06. The lowest BCUT2D eigenvalue weighted by molar-refractivity contribution is -0.122. The summed E-state index contributed by atoms with van der Waals surface area (Å²) in [6.07, 6.45) is 17.2. The third-order valence-electron chi connectivity index (χ3n) is 5.98. The molecule has 1 aromatic carbocycles. The number of aromatic nitrogens is 1. The topological polar surface area (TPSA) is 36.4 Å². The Kier molecular flexibility index (Phi) is 5.30. The van der Waals surface area contributed by atoms with Crippen LogP contribution in [0.5, 0.6) is 0 Å². The summed E-state index contributed by atoms with van der Waals surface area (Å²) in [5.41, 5.74) is 6.28. The molecule has 4 heterocycles. The largest absolute Gasteiger partial charge is 0.300 e. The zero-order valence-corrected chi connectivity index (χ0v) is 18.7. The van der Waals surface area contributed by atoms with Crippen LogP contribution in [0, 0.1) is 6.92 Å². The molecule has 5 heteroatoms. The second-order valence-electron chi connectivity index (χ2n) is 7.96. The molecule has 0 saturated heterocycles. The fraction of sp³-hybridized carbons (Fsp3) is 0.231. The number of thiazole rings is 1. The van der Waals surface area contributed by atoms with E-state index in [2.05, 4.69) is 35.0 Å². The molecular formula is C26H25N3OS. The number of fused-ring (bicyclic) bond motifs is 2. The molecule has 3 aliphatic heterocycles. The summed E-state index contributed by atoms with van der Waals surface area (Å²) in [6.45, 7) is 7.32. The summed E-state index contributed by atoms with van der Waals surface area (Å²) in [4.78, 5) is 22.0. The van der Waals surface area contributed by atoms with Crippen LogP contribution < -0.4 is 0 Å². The van der Waals surface area contributed by atoms with E-state index in [-0.39, 0.29) is 5.91 Å². The molecule has 1 aromatic heterocycles. The third-order valence-corrected chi connectivity index (χ3v) is 6.91. The van der Waals surface area contributed by atoms with Crippen molar-refractivity contribution < 1.29 is 4.79 Å². The van der Waals surface area contributed by atoms with Gasteiger partial charge >= 0.3 is 0 Å². The van der Waals surface area contributed by atoms with Crippen molar-refractivity contribution in [3.63, 3.8) is 0 Å². The first kappa shape index (κ1) is 19.9. The summed E-state index contributed by atoms with van der Waals surface area (Å²) in [7, 11) is 0. The van der Waals surface area contributed by atoms with Crippen LogP contribution in [0.3, 0.4) is 0 Å². The highest BCUT2D eigenvalue weighted by Gasteiger charge is 2.21. The van der Waals surface area contributed by atoms with Crippen LogP contribution in [0.15, 0.2) is 83.8 Å². The van der Waals surface area contributed by atoms with Gasteiger partial charge in [0.15, 0.2) is 0 Å². The van der Waals surface area contributed by atoms with Crippen LogP contribution in [0.2, 0.25) is 0 Å². The molecule has 3 aliphatic rings. The van der Waals surface area contributed by atoms with E-state index in [0.717, 1.165) is 63.7 Å². The standard InChI is InChI=1S/C26H25N3OS/c1-3-28-13-11-19(12-14-28)22-7-9-23-6-4-5-20(16-26(30)29(23)17-22)21-8-10-24-25(15-21)31-18(2)27-24/h4-11,15-17H,3,12-14H2,1-2H3/b5-4+,20-16+,23-6+. The maximum Gasteiger partial charge on any atom is 0.255 e. The van der Waals surface area contributed by atoms with Crippen molar-refractivity contribution in [2.75, 3.05) is 19.6 Å². The first-order chi connectivity index (χ1) is 15.1. The van der Waals surface area contributed by atoms with Gasteiger partial charge in [0.05, 0.1) is 15.2 Å². The number of amides is 1. The number of likely N-dealkylation sites (N-methyl/N-ethyl adjacent to an activating group) is 1. The molecule has 5 rings (SSSR count). The van der Waals surface area contributed by atoms with E-state index in [9.17, 15) is 4.79 Å². The third kappa shape index (κ3) is 3.99. The minimum Gasteiger partial charge on any atom is -0.300 e. The van der Waals surface area contributed by atoms with Gasteiger partial charge in [-0.3, -0.25) is 14.6 Å². The number of aryl methyl sites for hydroxylation is 1. The van der Waals surface area contributed by atoms with E-state index in [1.807, 2.05) is 49.6 Å². The van der Waals surface area contributed by atoms with Crippen LogP contribution in [-0.2, 0) is 4.79 Å². The lowest BCUT2D eigenvalue weighted by Crippen LogP contribution is -2.30. The number of hydrogen-bond acceptors (Lipinski definition) is 4. The molecule has 0 atom stereocenters. The number of allylic oxidation sites excluding steroid dienone is 7. The summed E-state index contributed by atoms with van der Waals surface area (Å²) >= 11 is 1.68. The van der Waals surface area contributed by atoms with Crippen molar-refractivity contribution in [1.29, 1.82) is 0 Å². The lowest BCUT2D eigenvalue weighted by atomic mass is 9.96. The van der Waals surface area contributed by atoms with Gasteiger partial charge in [-0.05, 0) is 66.5 Å². The van der Waals surface area contributed by atoms with E-state index in [1.165, 1.54) is 5.57 Å². The minimum absolute atomic E-state index is 0.0281. The van der Waals surface area contributed by atoms with Gasteiger partial charge < -0.3 is 0 Å². The van der Waals surface area contributed by atoms with Crippen molar-refractivity contribution in [2.45, 2.75) is 20.3 Å². The molecule has 1 amide bonds. The quantitative estimate of drug-likeness (QED) is 0.660. The zero-order chi connectivity index (χ0) is 21.4. The molecular weight excluding hydrogens is 402 g/mol. The number of hydrogen-bond donors (Lipinski definition) is 0. The molecule has 2 aromatic rings. The maximum absolute atomic E-state index is 13.2. The second kappa shape index (κ2) is 8.25. The van der Waals surface area contributed by atoms with E-state index >= 15 is 0 Å². The monoisotopic (exact) mass is 427 g/mol. The van der Waals surface area contributed by atoms with Crippen molar-refractivity contribution in [3.05, 3.63) is 94.3 Å². The van der Waals surface area contributed by atoms with E-state index in [0.29, 0.717) is 0 Å². The average Bonchev–Trinajstić information content (AvgIpc) is 3.16. The Morgan fingerprint density at radius 3 is 2.87 bits per heavy atom. The van der Waals surface area contributed by atoms with Crippen LogP contribution in [-0.4, -0.2) is 40.3 Å². The molecule has 0 fully saturated rings. The van der Waals surface area contributed by atoms with Crippen molar-refractivity contribution in [2.24, 2.45) is 0 Å². The molecule has 0 aliphatic carbocycles. The predicted octanol–water partition coefficient (Wildman–Crippen LogP) is 5.38. The molecule has 4 nitrogen and oxygen atoms in total. The van der Waals surface area contributed by atoms with Crippen molar-refractivity contribution in [1.82, 2.24) is 14.8 Å². The highest BCUT2D eigenvalue weighted by atomic mass is 32.1. The zero-order valence-electron chi connectivity index (χ0n) is 17.8. The van der Waals surface area contributed by atoms with Gasteiger partial charge in [-0.2, -0.15) is 0 Å². The lowest BCUT2D eigenvalue weighted by Gasteiger charge is -2.28. The predicted molar refractivity (Wildman–Crippen MR) is 128 cm³/mol. The number of rotatable bonds is 3. The second-order valence-corrected chi connectivity index (χ2v) is 9.20. The highest BCUT2D eigenvalue weighted by Crippen LogP contribution is 2.30. The van der Waals surface area contributed by atoms with Gasteiger partial charge in [-0.1, -0.05) is 37.3 Å². The number of nitrogens with zero attached hydrogens (tertiary/aromatic N) is 3. The first-order valence-corrected chi connectivity index (χ1v) is 11.5. The maximum atomic E-state index is 13.2. The Balaban J connectivity index is 1.46. The Hall–Kier alpha value is -3.02. The molecule has 0 bridgehead atoms. The number of carbonyl (C=O) groups is 1. The Morgan fingerprint density at radius 2 is 2.06 bits per heavy atom. The van der Waals surface area contributed by atoms with Crippen LogP contribution in [0.25, 0.3) is 15.8 Å². The summed E-state index contributed by atoms with van der Waals surface area (Å²) in [5.74, 6) is -0.0281. The Bertz CT molecular complexity index is 1240. The molecule has 0 saturated carbocycles. The average molecular weight is 428 g/mol. The van der Waals surface area contributed by atoms with Gasteiger partial charge in [0.25, 0.3) is 5.91 Å². The van der Waals surface area contributed by atoms with Crippen LogP contribution in [0.1, 0.15) is 23.9 Å². The Morgan fingerprint density at radius 1 is 1.16 bits per heavy atom. The highest BCUT2D eigenvalue weighted by molar-refractivity contribution is 7.18. The van der Waals surface area contributed by atoms with Gasteiger partial charge in [0.2, 0.25) is 0 Å². The van der Waals surface area contributed by atoms with E-state index < -0.39 is 0 Å². The summed E-state index contributed by atoms with van der Waals surface area (Å²) in [6, 6.07) is 6.20. The molecule has 0 unspecified atom stereocenters.